The molecule has 0 fully saturated rings. The molecule has 9 heteroatoms. The molecule has 192 valence electrons. The van der Waals surface area contributed by atoms with Crippen molar-refractivity contribution in [2.45, 2.75) is 43.6 Å². The highest BCUT2D eigenvalue weighted by atomic mass is 32.2. The Morgan fingerprint density at radius 2 is 1.94 bits per heavy atom. The summed E-state index contributed by atoms with van der Waals surface area (Å²) in [4.78, 5) is 2.46. The third-order valence-electron chi connectivity index (χ3n) is 6.21. The summed E-state index contributed by atoms with van der Waals surface area (Å²) in [5.74, 6) is 1.23. The molecule has 2 unspecified atom stereocenters. The van der Waals surface area contributed by atoms with Gasteiger partial charge in [-0.1, -0.05) is 37.6 Å². The van der Waals surface area contributed by atoms with E-state index in [1.165, 1.54) is 0 Å². The first-order valence-corrected chi connectivity index (χ1v) is 13.7. The average Bonchev–Trinajstić information content (AvgIpc) is 2.90. The predicted octanol–water partition coefficient (Wildman–Crippen LogP) is 4.05. The highest BCUT2D eigenvalue weighted by molar-refractivity contribution is 7.94. The number of nitrogens with one attached hydrogen (secondary N) is 2. The number of sulfonamides is 1. The maximum absolute atomic E-state index is 13.7. The molecule has 8 nitrogen and oxygen atoms in total. The van der Waals surface area contributed by atoms with Crippen LogP contribution in [0.1, 0.15) is 43.4 Å². The van der Waals surface area contributed by atoms with Crippen LogP contribution in [0.4, 0.5) is 5.69 Å². The number of hydrogen-bond acceptors (Lipinski definition) is 7. The van der Waals surface area contributed by atoms with E-state index in [-0.39, 0.29) is 19.5 Å². The Labute approximate surface area is 212 Å². The van der Waals surface area contributed by atoms with Gasteiger partial charge in [-0.15, -0.1) is 0 Å². The molecule has 0 spiro atoms. The predicted molar refractivity (Wildman–Crippen MR) is 140 cm³/mol. The Kier molecular flexibility index (Phi) is 8.45. The van der Waals surface area contributed by atoms with Crippen molar-refractivity contribution in [3.63, 3.8) is 0 Å². The summed E-state index contributed by atoms with van der Waals surface area (Å²) < 4.78 is 42.1. The second kappa shape index (κ2) is 11.7. The smallest absolute Gasteiger partial charge is 0.275 e. The highest BCUT2D eigenvalue weighted by Crippen LogP contribution is 2.37. The second-order valence-electron chi connectivity index (χ2n) is 8.89. The van der Waals surface area contributed by atoms with Crippen LogP contribution in [-0.2, 0) is 16.4 Å². The summed E-state index contributed by atoms with van der Waals surface area (Å²) in [7, 11) is -4.01. The van der Waals surface area contributed by atoms with Gasteiger partial charge in [0.25, 0.3) is 10.0 Å². The minimum atomic E-state index is -4.01. The molecule has 2 aromatic carbocycles. The van der Waals surface area contributed by atoms with Crippen molar-refractivity contribution >= 4 is 15.7 Å². The van der Waals surface area contributed by atoms with Gasteiger partial charge < -0.3 is 19.9 Å². The van der Waals surface area contributed by atoms with Crippen LogP contribution in [0.2, 0.25) is 0 Å². The molecule has 1 aromatic heterocycles. The van der Waals surface area contributed by atoms with Crippen molar-refractivity contribution in [1.82, 2.24) is 10.3 Å². The molecule has 1 aliphatic rings. The molecule has 36 heavy (non-hydrogen) atoms. The molecule has 3 N–H and O–H groups in total. The zero-order chi connectivity index (χ0) is 25.4. The number of unbranched alkanes of at least 4 members (excludes halogenated alkanes) is 1. The number of pyridine rings is 1. The molecular weight excluding hydrogens is 478 g/mol. The second-order valence-corrected chi connectivity index (χ2v) is 10.8. The standard InChI is InChI=1S/C27H33N3O5S/c1-2-3-17-34-24-12-10-23(11-13-24)30-36(32,33)27(15-14-21-7-4-5-9-26(21)35-27)20-29-19-25(31)22-8-6-16-28-18-22/h4-13,16,18,25,29-31H,2-3,14-15,17,19-20H2,1H3. The number of hydrogen-bond donors (Lipinski definition) is 3. The van der Waals surface area contributed by atoms with Crippen molar-refractivity contribution in [3.8, 4) is 11.5 Å². The number of nitrogens with zero attached hydrogens (tertiary/aromatic N) is 1. The molecule has 1 aliphatic heterocycles. The zero-order valence-electron chi connectivity index (χ0n) is 20.4. The van der Waals surface area contributed by atoms with Crippen molar-refractivity contribution < 1.29 is 23.0 Å². The van der Waals surface area contributed by atoms with Crippen LogP contribution in [0.5, 0.6) is 11.5 Å². The van der Waals surface area contributed by atoms with E-state index >= 15 is 0 Å². The van der Waals surface area contributed by atoms with Crippen molar-refractivity contribution in [2.24, 2.45) is 0 Å². The molecule has 4 rings (SSSR count). The number of aliphatic hydroxyl groups excluding tert-OH is 1. The lowest BCUT2D eigenvalue weighted by molar-refractivity contribution is 0.114. The van der Waals surface area contributed by atoms with Crippen molar-refractivity contribution in [1.29, 1.82) is 0 Å². The topological polar surface area (TPSA) is 110 Å². The number of aliphatic hydroxyl groups is 1. The number of anilines is 1. The molecule has 0 aliphatic carbocycles. The molecule has 0 amide bonds. The highest BCUT2D eigenvalue weighted by Gasteiger charge is 2.48. The van der Waals surface area contributed by atoms with Gasteiger partial charge in [-0.25, -0.2) is 8.42 Å². The fourth-order valence-corrected chi connectivity index (χ4v) is 5.58. The minimum Gasteiger partial charge on any atom is -0.494 e. The maximum atomic E-state index is 13.7. The lowest BCUT2D eigenvalue weighted by atomic mass is 10.0. The summed E-state index contributed by atoms with van der Waals surface area (Å²) in [6, 6.07) is 17.8. The zero-order valence-corrected chi connectivity index (χ0v) is 21.2. The van der Waals surface area contributed by atoms with E-state index in [0.717, 1.165) is 18.4 Å². The van der Waals surface area contributed by atoms with Crippen LogP contribution >= 0.6 is 0 Å². The van der Waals surface area contributed by atoms with Crippen molar-refractivity contribution in [3.05, 3.63) is 84.2 Å². The third-order valence-corrected chi connectivity index (χ3v) is 8.12. The summed E-state index contributed by atoms with van der Waals surface area (Å²) >= 11 is 0. The van der Waals surface area contributed by atoms with E-state index in [1.54, 1.807) is 54.9 Å². The van der Waals surface area contributed by atoms with Gasteiger partial charge in [0.05, 0.1) is 19.3 Å². The number of rotatable bonds is 12. The summed E-state index contributed by atoms with van der Waals surface area (Å²) in [6.07, 6.45) is 5.19. The van der Waals surface area contributed by atoms with Crippen LogP contribution in [0.15, 0.2) is 73.1 Å². The van der Waals surface area contributed by atoms with Gasteiger partial charge >= 0.3 is 0 Å². The molecule has 3 aromatic rings. The number of benzene rings is 2. The van der Waals surface area contributed by atoms with Gasteiger partial charge in [-0.3, -0.25) is 9.71 Å². The van der Waals surface area contributed by atoms with Gasteiger partial charge in [-0.05, 0) is 54.8 Å². The molecular formula is C27H33N3O5S. The summed E-state index contributed by atoms with van der Waals surface area (Å²) in [5.41, 5.74) is 2.04. The molecule has 0 bridgehead atoms. The van der Waals surface area contributed by atoms with Crippen LogP contribution in [0, 0.1) is 0 Å². The van der Waals surface area contributed by atoms with E-state index < -0.39 is 21.1 Å². The van der Waals surface area contributed by atoms with E-state index in [0.29, 0.717) is 35.8 Å². The largest absolute Gasteiger partial charge is 0.494 e. The van der Waals surface area contributed by atoms with Gasteiger partial charge in [0.2, 0.25) is 4.93 Å². The molecule has 2 atom stereocenters. The Morgan fingerprint density at radius 3 is 2.69 bits per heavy atom. The van der Waals surface area contributed by atoms with Crippen LogP contribution in [0.3, 0.4) is 0 Å². The Hall–Kier alpha value is -3.14. The van der Waals surface area contributed by atoms with Crippen LogP contribution in [-0.4, -0.2) is 43.1 Å². The van der Waals surface area contributed by atoms with Gasteiger partial charge in [-0.2, -0.15) is 0 Å². The van der Waals surface area contributed by atoms with E-state index in [4.69, 9.17) is 9.47 Å². The Balaban J connectivity index is 1.51. The Bertz CT molecular complexity index is 1220. The quantitative estimate of drug-likeness (QED) is 0.315. The third kappa shape index (κ3) is 6.16. The molecule has 0 saturated heterocycles. The summed E-state index contributed by atoms with van der Waals surface area (Å²) in [5, 5.41) is 13.6. The molecule has 2 heterocycles. The lowest BCUT2D eigenvalue weighted by Crippen LogP contribution is -2.56. The van der Waals surface area contributed by atoms with Gasteiger partial charge in [0.1, 0.15) is 11.5 Å². The van der Waals surface area contributed by atoms with E-state index in [2.05, 4.69) is 21.9 Å². The first-order valence-electron chi connectivity index (χ1n) is 12.2. The number of ether oxygens (including phenoxy) is 2. The fourth-order valence-electron chi connectivity index (χ4n) is 4.09. The van der Waals surface area contributed by atoms with Crippen LogP contribution in [0.25, 0.3) is 0 Å². The minimum absolute atomic E-state index is 0.00774. The van der Waals surface area contributed by atoms with E-state index in [9.17, 15) is 13.5 Å². The van der Waals surface area contributed by atoms with Gasteiger partial charge in [0, 0.05) is 36.6 Å². The molecule has 0 saturated carbocycles. The molecule has 0 radical (unpaired) electrons. The number of para-hydroxylation sites is 1. The first kappa shape index (κ1) is 25.9. The van der Waals surface area contributed by atoms with E-state index in [1.807, 2.05) is 18.2 Å². The lowest BCUT2D eigenvalue weighted by Gasteiger charge is -2.38. The Morgan fingerprint density at radius 1 is 1.14 bits per heavy atom. The first-order chi connectivity index (χ1) is 17.4. The maximum Gasteiger partial charge on any atom is 0.275 e. The van der Waals surface area contributed by atoms with Gasteiger partial charge in [0.15, 0.2) is 0 Å². The van der Waals surface area contributed by atoms with Crippen LogP contribution < -0.4 is 19.5 Å². The fraction of sp³-hybridized carbons (Fsp3) is 0.370. The average molecular weight is 512 g/mol. The number of aromatic nitrogens is 1. The SMILES string of the molecule is CCCCOc1ccc(NS(=O)(=O)C2(CNCC(O)c3cccnc3)CCc3ccccc3O2)cc1. The number of aryl methyl sites for hydroxylation is 1. The normalized spacial score (nSPS) is 18.1. The number of fused-ring (bicyclic) bond motifs is 1. The monoisotopic (exact) mass is 511 g/mol. The van der Waals surface area contributed by atoms with Crippen molar-refractivity contribution in [2.75, 3.05) is 24.4 Å². The summed E-state index contributed by atoms with van der Waals surface area (Å²) in [6.45, 7) is 2.86.